The van der Waals surface area contributed by atoms with Gasteiger partial charge < -0.3 is 18.8 Å². The fourth-order valence-electron chi connectivity index (χ4n) is 3.93. The number of esters is 1. The maximum absolute atomic E-state index is 13.0. The molecule has 1 aromatic heterocycles. The molecule has 3 aromatic carbocycles. The minimum atomic E-state index is -0.224. The Morgan fingerprint density at radius 2 is 1.67 bits per heavy atom. The van der Waals surface area contributed by atoms with Crippen molar-refractivity contribution in [2.75, 3.05) is 14.2 Å². The molecule has 6 heteroatoms. The molecule has 184 valence electrons. The number of furan rings is 1. The van der Waals surface area contributed by atoms with E-state index in [0.29, 0.717) is 31.6 Å². The van der Waals surface area contributed by atoms with Crippen molar-refractivity contribution in [3.05, 3.63) is 113 Å². The Bertz CT molecular complexity index is 1300. The van der Waals surface area contributed by atoms with Crippen molar-refractivity contribution in [1.29, 1.82) is 0 Å². The highest BCUT2D eigenvalue weighted by molar-refractivity contribution is 5.94. The molecule has 0 saturated heterocycles. The highest BCUT2D eigenvalue weighted by Crippen LogP contribution is 2.23. The van der Waals surface area contributed by atoms with Gasteiger partial charge in [-0.25, -0.2) is 0 Å². The maximum atomic E-state index is 13.0. The van der Waals surface area contributed by atoms with E-state index >= 15 is 0 Å². The van der Waals surface area contributed by atoms with Gasteiger partial charge >= 0.3 is 5.97 Å². The third-order valence-electron chi connectivity index (χ3n) is 5.90. The highest BCUT2D eigenvalue weighted by atomic mass is 16.5. The molecule has 0 radical (unpaired) electrons. The van der Waals surface area contributed by atoms with Gasteiger partial charge in [-0.3, -0.25) is 9.59 Å². The van der Waals surface area contributed by atoms with Crippen molar-refractivity contribution in [1.82, 2.24) is 4.90 Å². The van der Waals surface area contributed by atoms with Gasteiger partial charge in [-0.2, -0.15) is 0 Å². The predicted molar refractivity (Wildman–Crippen MR) is 137 cm³/mol. The van der Waals surface area contributed by atoms with Crippen molar-refractivity contribution in [2.45, 2.75) is 26.0 Å². The van der Waals surface area contributed by atoms with Gasteiger partial charge in [-0.05, 0) is 47.9 Å². The maximum Gasteiger partial charge on any atom is 0.305 e. The molecule has 0 aliphatic carbocycles. The second-order valence-electron chi connectivity index (χ2n) is 8.51. The summed E-state index contributed by atoms with van der Waals surface area (Å²) >= 11 is 0. The lowest BCUT2D eigenvalue weighted by Crippen LogP contribution is -2.26. The number of methoxy groups -OCH3 is 1. The van der Waals surface area contributed by atoms with Crippen LogP contribution in [0.3, 0.4) is 0 Å². The van der Waals surface area contributed by atoms with Gasteiger partial charge in [-0.1, -0.05) is 54.6 Å². The first-order valence-corrected chi connectivity index (χ1v) is 11.8. The molecule has 0 atom stereocenters. The molecule has 0 saturated carbocycles. The van der Waals surface area contributed by atoms with Crippen LogP contribution in [0, 0.1) is 0 Å². The van der Waals surface area contributed by atoms with Crippen LogP contribution in [0.25, 0.3) is 11.3 Å². The summed E-state index contributed by atoms with van der Waals surface area (Å²) in [5, 5.41) is 0. The molecule has 0 N–H and O–H groups in total. The van der Waals surface area contributed by atoms with E-state index in [9.17, 15) is 9.59 Å². The number of hydrogen-bond acceptors (Lipinski definition) is 5. The van der Waals surface area contributed by atoms with Crippen molar-refractivity contribution in [2.24, 2.45) is 0 Å². The first kappa shape index (κ1) is 24.8. The van der Waals surface area contributed by atoms with Crippen LogP contribution in [-0.4, -0.2) is 30.9 Å². The average Bonchev–Trinajstić information content (AvgIpc) is 3.46. The number of carbonyl (C=O) groups is 2. The zero-order valence-electron chi connectivity index (χ0n) is 20.5. The van der Waals surface area contributed by atoms with Crippen LogP contribution < -0.4 is 4.74 Å². The lowest BCUT2D eigenvalue weighted by Gasteiger charge is -2.20. The van der Waals surface area contributed by atoms with E-state index in [1.807, 2.05) is 84.9 Å². The first-order valence-electron chi connectivity index (χ1n) is 11.8. The van der Waals surface area contributed by atoms with Crippen molar-refractivity contribution in [3.63, 3.8) is 0 Å². The molecule has 1 heterocycles. The van der Waals surface area contributed by atoms with E-state index < -0.39 is 0 Å². The molecule has 4 aromatic rings. The number of hydrogen-bond donors (Lipinski definition) is 0. The van der Waals surface area contributed by atoms with Crippen molar-refractivity contribution < 1.29 is 23.5 Å². The van der Waals surface area contributed by atoms with Crippen molar-refractivity contribution >= 4 is 11.9 Å². The largest absolute Gasteiger partial charge is 0.489 e. The van der Waals surface area contributed by atoms with Crippen LogP contribution in [-0.2, 0) is 29.1 Å². The fraction of sp³-hybridized carbons (Fsp3) is 0.200. The van der Waals surface area contributed by atoms with E-state index in [1.54, 1.807) is 18.2 Å². The Labute approximate surface area is 211 Å². The summed E-state index contributed by atoms with van der Waals surface area (Å²) in [6.45, 7) is 0.795. The van der Waals surface area contributed by atoms with Crippen LogP contribution in [0.15, 0.2) is 95.6 Å². The van der Waals surface area contributed by atoms with Gasteiger partial charge in [0.05, 0.1) is 13.4 Å². The second-order valence-corrected chi connectivity index (χ2v) is 8.51. The van der Waals surface area contributed by atoms with Crippen LogP contribution >= 0.6 is 0 Å². The zero-order valence-corrected chi connectivity index (χ0v) is 20.5. The molecular weight excluding hydrogens is 454 g/mol. The lowest BCUT2D eigenvalue weighted by atomic mass is 10.1. The van der Waals surface area contributed by atoms with Crippen LogP contribution in [0.1, 0.15) is 33.5 Å². The van der Waals surface area contributed by atoms with Gasteiger partial charge in [0.25, 0.3) is 5.91 Å². The predicted octanol–water partition coefficient (Wildman–Crippen LogP) is 5.90. The lowest BCUT2D eigenvalue weighted by molar-refractivity contribution is -0.140. The van der Waals surface area contributed by atoms with Gasteiger partial charge in [0.15, 0.2) is 0 Å². The van der Waals surface area contributed by atoms with Gasteiger partial charge in [0.2, 0.25) is 0 Å². The summed E-state index contributed by atoms with van der Waals surface area (Å²) < 4.78 is 16.3. The smallest absolute Gasteiger partial charge is 0.305 e. The van der Waals surface area contributed by atoms with E-state index in [0.717, 1.165) is 33.8 Å². The summed E-state index contributed by atoms with van der Waals surface area (Å²) in [5.74, 6) is 1.19. The zero-order chi connectivity index (χ0) is 25.3. The summed E-state index contributed by atoms with van der Waals surface area (Å²) in [7, 11) is 3.18. The average molecular weight is 484 g/mol. The molecule has 0 unspecified atom stereocenters. The molecular formula is C30H29NO5. The molecule has 0 spiro atoms. The normalized spacial score (nSPS) is 10.6. The second kappa shape index (κ2) is 11.9. The Hall–Kier alpha value is -4.32. The number of nitrogens with zero attached hydrogens (tertiary/aromatic N) is 1. The molecule has 6 nitrogen and oxygen atoms in total. The summed E-state index contributed by atoms with van der Waals surface area (Å²) in [5.41, 5.74) is 4.51. The van der Waals surface area contributed by atoms with Crippen LogP contribution in [0.2, 0.25) is 0 Å². The van der Waals surface area contributed by atoms with Gasteiger partial charge in [0, 0.05) is 36.7 Å². The molecule has 0 aliphatic rings. The topological polar surface area (TPSA) is 69.0 Å². The quantitative estimate of drug-likeness (QED) is 0.263. The Balaban J connectivity index is 1.38. The summed E-state index contributed by atoms with van der Waals surface area (Å²) in [6, 6.07) is 26.8. The number of para-hydroxylation sites is 1. The fourth-order valence-corrected chi connectivity index (χ4v) is 3.93. The standard InChI is InChI=1S/C30H29NO5/c1-31(30(33)25-15-13-24(14-16-25)27-11-6-18-35-27)20-26-9-3-4-10-28(26)36-21-23-8-5-7-22(19-23)12-17-29(32)34-2/h3-11,13-16,18-19H,12,17,20-21H2,1-2H3. The molecule has 0 bridgehead atoms. The van der Waals surface area contributed by atoms with Gasteiger partial charge in [-0.15, -0.1) is 0 Å². The molecule has 1 amide bonds. The number of amides is 1. The monoisotopic (exact) mass is 483 g/mol. The number of carbonyl (C=O) groups excluding carboxylic acids is 2. The number of rotatable bonds is 10. The third-order valence-corrected chi connectivity index (χ3v) is 5.90. The Morgan fingerprint density at radius 3 is 2.42 bits per heavy atom. The minimum absolute atomic E-state index is 0.0749. The number of benzene rings is 3. The number of aryl methyl sites for hydroxylation is 1. The minimum Gasteiger partial charge on any atom is -0.489 e. The van der Waals surface area contributed by atoms with E-state index in [2.05, 4.69) is 0 Å². The first-order chi connectivity index (χ1) is 17.5. The Morgan fingerprint density at radius 1 is 0.889 bits per heavy atom. The molecule has 4 rings (SSSR count). The molecule has 0 aliphatic heterocycles. The molecule has 0 fully saturated rings. The van der Waals surface area contributed by atoms with E-state index in [-0.39, 0.29) is 11.9 Å². The van der Waals surface area contributed by atoms with Crippen LogP contribution in [0.4, 0.5) is 0 Å². The SMILES string of the molecule is COC(=O)CCc1cccc(COc2ccccc2CN(C)C(=O)c2ccc(-c3ccco3)cc2)c1. The molecule has 36 heavy (non-hydrogen) atoms. The van der Waals surface area contributed by atoms with Crippen LogP contribution in [0.5, 0.6) is 5.75 Å². The van der Waals surface area contributed by atoms with E-state index in [4.69, 9.17) is 13.9 Å². The Kier molecular flexibility index (Phi) is 8.19. The third kappa shape index (κ3) is 6.42. The van der Waals surface area contributed by atoms with E-state index in [1.165, 1.54) is 7.11 Å². The summed E-state index contributed by atoms with van der Waals surface area (Å²) in [4.78, 5) is 26.1. The highest BCUT2D eigenvalue weighted by Gasteiger charge is 2.15. The van der Waals surface area contributed by atoms with Gasteiger partial charge in [0.1, 0.15) is 18.1 Å². The number of ether oxygens (including phenoxy) is 2. The summed E-state index contributed by atoms with van der Waals surface area (Å²) in [6.07, 6.45) is 2.59. The van der Waals surface area contributed by atoms with Crippen molar-refractivity contribution in [3.8, 4) is 17.1 Å².